The predicted octanol–water partition coefficient (Wildman–Crippen LogP) is 4.71. The minimum absolute atomic E-state index is 0.0659. The number of hydrogen-bond donors (Lipinski definition) is 2. The molecule has 0 saturated carbocycles. The van der Waals surface area contributed by atoms with Gasteiger partial charge in [-0.15, -0.1) is 0 Å². The van der Waals surface area contributed by atoms with Crippen molar-refractivity contribution in [1.29, 1.82) is 0 Å². The summed E-state index contributed by atoms with van der Waals surface area (Å²) in [6.07, 6.45) is 4.18. The molecule has 1 aromatic rings. The van der Waals surface area contributed by atoms with Crippen molar-refractivity contribution in [1.82, 2.24) is 5.32 Å². The van der Waals surface area contributed by atoms with Gasteiger partial charge in [-0.25, -0.2) is 0 Å². The third-order valence-electron chi connectivity index (χ3n) is 5.81. The number of nitrogens with two attached hydrogens (primary N) is 1. The fourth-order valence-electron chi connectivity index (χ4n) is 4.23. The molecule has 0 saturated heterocycles. The van der Waals surface area contributed by atoms with Gasteiger partial charge in [0, 0.05) is 24.6 Å². The molecule has 3 N–H and O–H groups in total. The Balaban J connectivity index is 2.13. The van der Waals surface area contributed by atoms with E-state index in [4.69, 9.17) is 5.73 Å². The number of nitrogens with one attached hydrogen (secondary N) is 1. The maximum atomic E-state index is 12.9. The van der Waals surface area contributed by atoms with Crippen LogP contribution in [0, 0.1) is 25.7 Å². The molecule has 26 heavy (non-hydrogen) atoms. The third-order valence-corrected chi connectivity index (χ3v) is 5.81. The van der Waals surface area contributed by atoms with E-state index in [9.17, 15) is 4.79 Å². The van der Waals surface area contributed by atoms with Crippen molar-refractivity contribution in [2.45, 2.75) is 67.5 Å². The Kier molecular flexibility index (Phi) is 6.82. The van der Waals surface area contributed by atoms with Gasteiger partial charge in [0.05, 0.1) is 0 Å². The number of allylic oxidation sites excluding steroid dienone is 3. The second-order valence-corrected chi connectivity index (χ2v) is 7.60. The minimum atomic E-state index is 0.0659. The minimum Gasteiger partial charge on any atom is -0.348 e. The Labute approximate surface area is 158 Å². The number of carbonyl (C=O) groups is 1. The van der Waals surface area contributed by atoms with E-state index >= 15 is 0 Å². The zero-order valence-electron chi connectivity index (χ0n) is 17.2. The van der Waals surface area contributed by atoms with Crippen molar-refractivity contribution < 1.29 is 4.79 Å². The number of carbonyl (C=O) groups excluding carboxylic acids is 1. The van der Waals surface area contributed by atoms with Crippen LogP contribution in [0.15, 0.2) is 34.9 Å². The summed E-state index contributed by atoms with van der Waals surface area (Å²) in [5.41, 5.74) is 14.1. The van der Waals surface area contributed by atoms with Crippen molar-refractivity contribution in [2.24, 2.45) is 17.6 Å². The molecule has 1 amide bonds. The standard InChI is InChI=1S/C23H34N2O/c1-7-14(3)22-17(6)11-20(19(22)8-2)23(26)25-13-21-15(4)9-18(12-24)10-16(21)5/h9-11,14,19H,7-8,12-13,24H2,1-6H3,(H,25,26). The quantitative estimate of drug-likeness (QED) is 0.745. The SMILES string of the molecule is CCC(C)C1=C(C)C=C(C(=O)NCc2c(C)cc(CN)cc2C)C1CC. The Hall–Kier alpha value is -1.87. The van der Waals surface area contributed by atoms with Crippen LogP contribution < -0.4 is 11.1 Å². The molecule has 2 rings (SSSR count). The highest BCUT2D eigenvalue weighted by molar-refractivity contribution is 5.96. The highest BCUT2D eigenvalue weighted by Gasteiger charge is 2.31. The van der Waals surface area contributed by atoms with Crippen LogP contribution >= 0.6 is 0 Å². The Morgan fingerprint density at radius 1 is 1.19 bits per heavy atom. The van der Waals surface area contributed by atoms with Crippen LogP contribution in [0.1, 0.15) is 62.8 Å². The van der Waals surface area contributed by atoms with Crippen LogP contribution in [0.3, 0.4) is 0 Å². The fourth-order valence-corrected chi connectivity index (χ4v) is 4.23. The number of hydrogen-bond acceptors (Lipinski definition) is 2. The predicted molar refractivity (Wildman–Crippen MR) is 110 cm³/mol. The second kappa shape index (κ2) is 8.68. The van der Waals surface area contributed by atoms with Gasteiger partial charge in [0.15, 0.2) is 0 Å². The molecule has 1 aliphatic carbocycles. The van der Waals surface area contributed by atoms with Crippen LogP contribution in [0.5, 0.6) is 0 Å². The van der Waals surface area contributed by atoms with Gasteiger partial charge in [0.2, 0.25) is 5.91 Å². The Morgan fingerprint density at radius 2 is 1.81 bits per heavy atom. The zero-order chi connectivity index (χ0) is 19.4. The average Bonchev–Trinajstić information content (AvgIpc) is 2.96. The lowest BCUT2D eigenvalue weighted by Gasteiger charge is -2.22. The lowest BCUT2D eigenvalue weighted by atomic mass is 9.83. The summed E-state index contributed by atoms with van der Waals surface area (Å²) in [5.74, 6) is 0.845. The van der Waals surface area contributed by atoms with Crippen molar-refractivity contribution >= 4 is 5.91 Å². The lowest BCUT2D eigenvalue weighted by molar-refractivity contribution is -0.118. The number of rotatable bonds is 7. The van der Waals surface area contributed by atoms with Gasteiger partial charge in [-0.1, -0.05) is 50.1 Å². The zero-order valence-corrected chi connectivity index (χ0v) is 17.2. The molecular formula is C23H34N2O. The van der Waals surface area contributed by atoms with Crippen molar-refractivity contribution in [3.8, 4) is 0 Å². The normalized spacial score (nSPS) is 18.1. The lowest BCUT2D eigenvalue weighted by Crippen LogP contribution is -2.28. The highest BCUT2D eigenvalue weighted by atomic mass is 16.1. The van der Waals surface area contributed by atoms with Crippen LogP contribution in [0.2, 0.25) is 0 Å². The number of amides is 1. The molecule has 2 unspecified atom stereocenters. The molecule has 3 heteroatoms. The molecule has 2 atom stereocenters. The third kappa shape index (κ3) is 4.09. The van der Waals surface area contributed by atoms with Crippen LogP contribution in [-0.4, -0.2) is 5.91 Å². The van der Waals surface area contributed by atoms with Gasteiger partial charge in [0.1, 0.15) is 0 Å². The number of benzene rings is 1. The van der Waals surface area contributed by atoms with Gasteiger partial charge < -0.3 is 11.1 Å². The van der Waals surface area contributed by atoms with E-state index < -0.39 is 0 Å². The highest BCUT2D eigenvalue weighted by Crippen LogP contribution is 2.39. The first-order valence-corrected chi connectivity index (χ1v) is 9.83. The average molecular weight is 355 g/mol. The second-order valence-electron chi connectivity index (χ2n) is 7.60. The summed E-state index contributed by atoms with van der Waals surface area (Å²) in [5, 5.41) is 3.16. The van der Waals surface area contributed by atoms with Crippen LogP contribution in [-0.2, 0) is 17.9 Å². The molecule has 0 aliphatic heterocycles. The van der Waals surface area contributed by atoms with E-state index in [2.05, 4.69) is 65.1 Å². The van der Waals surface area contributed by atoms with E-state index in [-0.39, 0.29) is 11.8 Å². The molecular weight excluding hydrogens is 320 g/mol. The number of aryl methyl sites for hydroxylation is 2. The van der Waals surface area contributed by atoms with E-state index in [0.717, 1.165) is 24.0 Å². The molecule has 0 radical (unpaired) electrons. The topological polar surface area (TPSA) is 55.1 Å². The summed E-state index contributed by atoms with van der Waals surface area (Å²) in [7, 11) is 0. The summed E-state index contributed by atoms with van der Waals surface area (Å²) in [6, 6.07) is 4.23. The summed E-state index contributed by atoms with van der Waals surface area (Å²) in [6.45, 7) is 14.1. The Morgan fingerprint density at radius 3 is 2.31 bits per heavy atom. The van der Waals surface area contributed by atoms with Gasteiger partial charge in [-0.05, 0) is 61.8 Å². The molecule has 142 valence electrons. The van der Waals surface area contributed by atoms with Crippen molar-refractivity contribution in [3.05, 3.63) is 57.2 Å². The molecule has 1 aromatic carbocycles. The molecule has 0 bridgehead atoms. The molecule has 0 aromatic heterocycles. The van der Waals surface area contributed by atoms with Crippen molar-refractivity contribution in [3.63, 3.8) is 0 Å². The first-order valence-electron chi connectivity index (χ1n) is 9.83. The molecule has 0 spiro atoms. The largest absolute Gasteiger partial charge is 0.348 e. The first kappa shape index (κ1) is 20.4. The van der Waals surface area contributed by atoms with Crippen LogP contribution in [0.25, 0.3) is 0 Å². The van der Waals surface area contributed by atoms with E-state index in [0.29, 0.717) is 19.0 Å². The fraction of sp³-hybridized carbons (Fsp3) is 0.522. The van der Waals surface area contributed by atoms with Gasteiger partial charge >= 0.3 is 0 Å². The van der Waals surface area contributed by atoms with E-state index in [1.165, 1.54) is 27.8 Å². The summed E-state index contributed by atoms with van der Waals surface area (Å²) in [4.78, 5) is 12.9. The summed E-state index contributed by atoms with van der Waals surface area (Å²) >= 11 is 0. The van der Waals surface area contributed by atoms with Crippen LogP contribution in [0.4, 0.5) is 0 Å². The smallest absolute Gasteiger partial charge is 0.248 e. The van der Waals surface area contributed by atoms with E-state index in [1.54, 1.807) is 0 Å². The Bertz CT molecular complexity index is 720. The molecule has 3 nitrogen and oxygen atoms in total. The van der Waals surface area contributed by atoms with E-state index in [1.807, 2.05) is 0 Å². The molecule has 0 fully saturated rings. The maximum Gasteiger partial charge on any atom is 0.248 e. The van der Waals surface area contributed by atoms with Crippen molar-refractivity contribution in [2.75, 3.05) is 0 Å². The first-order chi connectivity index (χ1) is 12.3. The van der Waals surface area contributed by atoms with Gasteiger partial charge in [0.25, 0.3) is 0 Å². The van der Waals surface area contributed by atoms with Gasteiger partial charge in [-0.3, -0.25) is 4.79 Å². The monoisotopic (exact) mass is 354 g/mol. The summed E-state index contributed by atoms with van der Waals surface area (Å²) < 4.78 is 0. The molecule has 0 heterocycles. The molecule has 1 aliphatic rings. The maximum absolute atomic E-state index is 12.9. The van der Waals surface area contributed by atoms with Gasteiger partial charge in [-0.2, -0.15) is 0 Å².